The SMILES string of the molecule is N#Cc1ccc(NC2(c3ccccc3F)CC2)nc1. The lowest BCUT2D eigenvalue weighted by atomic mass is 10.0. The van der Waals surface area contributed by atoms with Gasteiger partial charge in [0.2, 0.25) is 0 Å². The van der Waals surface area contributed by atoms with Gasteiger partial charge in [0, 0.05) is 11.8 Å². The molecule has 1 heterocycles. The molecule has 2 aromatic rings. The molecule has 0 saturated heterocycles. The van der Waals surface area contributed by atoms with Crippen LogP contribution in [-0.2, 0) is 5.54 Å². The molecule has 0 unspecified atom stereocenters. The van der Waals surface area contributed by atoms with E-state index >= 15 is 0 Å². The lowest BCUT2D eigenvalue weighted by Gasteiger charge is -2.19. The van der Waals surface area contributed by atoms with Crippen molar-refractivity contribution in [2.45, 2.75) is 18.4 Å². The van der Waals surface area contributed by atoms with Gasteiger partial charge in [-0.15, -0.1) is 0 Å². The minimum absolute atomic E-state index is 0.193. The van der Waals surface area contributed by atoms with Crippen molar-refractivity contribution in [2.75, 3.05) is 5.32 Å². The van der Waals surface area contributed by atoms with Gasteiger partial charge in [0.1, 0.15) is 17.7 Å². The number of hydrogen-bond acceptors (Lipinski definition) is 3. The van der Waals surface area contributed by atoms with Gasteiger partial charge in [-0.25, -0.2) is 9.37 Å². The summed E-state index contributed by atoms with van der Waals surface area (Å²) in [6.45, 7) is 0. The fourth-order valence-corrected chi connectivity index (χ4v) is 2.22. The third kappa shape index (κ3) is 2.15. The Kier molecular flexibility index (Phi) is 2.68. The van der Waals surface area contributed by atoms with Crippen LogP contribution in [0.4, 0.5) is 10.2 Å². The topological polar surface area (TPSA) is 48.7 Å². The fraction of sp³-hybridized carbons (Fsp3) is 0.200. The normalized spacial score (nSPS) is 15.6. The van der Waals surface area contributed by atoms with E-state index in [0.717, 1.165) is 12.8 Å². The molecule has 1 aliphatic rings. The lowest BCUT2D eigenvalue weighted by molar-refractivity contribution is 0.589. The van der Waals surface area contributed by atoms with Crippen molar-refractivity contribution in [3.05, 3.63) is 59.5 Å². The monoisotopic (exact) mass is 253 g/mol. The van der Waals surface area contributed by atoms with Crippen LogP contribution in [-0.4, -0.2) is 4.98 Å². The standard InChI is InChI=1S/C15H12FN3/c16-13-4-2-1-3-12(13)15(7-8-15)19-14-6-5-11(9-17)10-18-14/h1-6,10H,7-8H2,(H,18,19). The average molecular weight is 253 g/mol. The lowest BCUT2D eigenvalue weighted by Crippen LogP contribution is -2.20. The Morgan fingerprint density at radius 3 is 2.58 bits per heavy atom. The third-order valence-electron chi connectivity index (χ3n) is 3.40. The highest BCUT2D eigenvalue weighted by molar-refractivity contribution is 5.47. The van der Waals surface area contributed by atoms with E-state index in [1.54, 1.807) is 24.3 Å². The number of nitriles is 1. The summed E-state index contributed by atoms with van der Waals surface area (Å²) in [5.41, 5.74) is 0.856. The van der Waals surface area contributed by atoms with E-state index in [-0.39, 0.29) is 11.4 Å². The summed E-state index contributed by atoms with van der Waals surface area (Å²) in [5.74, 6) is 0.473. The summed E-state index contributed by atoms with van der Waals surface area (Å²) < 4.78 is 13.8. The molecule has 1 N–H and O–H groups in total. The highest BCUT2D eigenvalue weighted by atomic mass is 19.1. The zero-order chi connectivity index (χ0) is 13.3. The summed E-state index contributed by atoms with van der Waals surface area (Å²) in [7, 11) is 0. The second kappa shape index (κ2) is 4.36. The molecule has 0 spiro atoms. The van der Waals surface area contributed by atoms with Crippen LogP contribution in [0.2, 0.25) is 0 Å². The van der Waals surface area contributed by atoms with Crippen molar-refractivity contribution in [1.82, 2.24) is 4.98 Å². The van der Waals surface area contributed by atoms with Crippen molar-refractivity contribution < 1.29 is 4.39 Å². The van der Waals surface area contributed by atoms with Crippen LogP contribution in [0.25, 0.3) is 0 Å². The molecule has 1 fully saturated rings. The minimum atomic E-state index is -0.341. The predicted octanol–water partition coefficient (Wildman–Crippen LogP) is 3.19. The van der Waals surface area contributed by atoms with Crippen molar-refractivity contribution in [2.24, 2.45) is 0 Å². The quantitative estimate of drug-likeness (QED) is 0.913. The Labute approximate surface area is 110 Å². The molecule has 19 heavy (non-hydrogen) atoms. The number of nitrogens with zero attached hydrogens (tertiary/aromatic N) is 2. The highest BCUT2D eigenvalue weighted by Crippen LogP contribution is 2.48. The van der Waals surface area contributed by atoms with E-state index in [2.05, 4.69) is 10.3 Å². The Hall–Kier alpha value is -2.41. The van der Waals surface area contributed by atoms with Crippen LogP contribution in [0, 0.1) is 17.1 Å². The molecule has 3 nitrogen and oxygen atoms in total. The average Bonchev–Trinajstić information content (AvgIpc) is 3.21. The number of nitrogens with one attached hydrogen (secondary N) is 1. The smallest absolute Gasteiger partial charge is 0.128 e. The summed E-state index contributed by atoms with van der Waals surface area (Å²) in [5, 5.41) is 12.0. The molecule has 0 amide bonds. The van der Waals surface area contributed by atoms with Gasteiger partial charge in [-0.1, -0.05) is 18.2 Å². The van der Waals surface area contributed by atoms with Gasteiger partial charge in [0.25, 0.3) is 0 Å². The summed E-state index contributed by atoms with van der Waals surface area (Å²) >= 11 is 0. The van der Waals surface area contributed by atoms with Crippen LogP contribution in [0.15, 0.2) is 42.6 Å². The summed E-state index contributed by atoms with van der Waals surface area (Å²) in [6, 6.07) is 12.3. The van der Waals surface area contributed by atoms with E-state index in [9.17, 15) is 4.39 Å². The van der Waals surface area contributed by atoms with E-state index in [0.29, 0.717) is 16.9 Å². The maximum absolute atomic E-state index is 13.8. The van der Waals surface area contributed by atoms with Crippen molar-refractivity contribution in [1.29, 1.82) is 5.26 Å². The molecule has 0 radical (unpaired) electrons. The number of anilines is 1. The number of halogens is 1. The Balaban J connectivity index is 1.86. The minimum Gasteiger partial charge on any atom is -0.360 e. The van der Waals surface area contributed by atoms with E-state index in [1.807, 2.05) is 12.1 Å². The van der Waals surface area contributed by atoms with E-state index < -0.39 is 0 Å². The first-order valence-corrected chi connectivity index (χ1v) is 6.13. The predicted molar refractivity (Wildman–Crippen MR) is 69.9 cm³/mol. The molecule has 4 heteroatoms. The number of benzene rings is 1. The first-order valence-electron chi connectivity index (χ1n) is 6.13. The first-order chi connectivity index (χ1) is 9.23. The second-order valence-electron chi connectivity index (χ2n) is 4.73. The summed E-state index contributed by atoms with van der Waals surface area (Å²) in [4.78, 5) is 4.17. The van der Waals surface area contributed by atoms with Gasteiger partial charge in [-0.05, 0) is 31.0 Å². The van der Waals surface area contributed by atoms with Crippen molar-refractivity contribution in [3.63, 3.8) is 0 Å². The molecule has 1 aromatic carbocycles. The van der Waals surface area contributed by atoms with Crippen LogP contribution < -0.4 is 5.32 Å². The zero-order valence-corrected chi connectivity index (χ0v) is 10.2. The van der Waals surface area contributed by atoms with E-state index in [4.69, 9.17) is 5.26 Å². The van der Waals surface area contributed by atoms with Crippen LogP contribution in [0.1, 0.15) is 24.0 Å². The summed E-state index contributed by atoms with van der Waals surface area (Å²) in [6.07, 6.45) is 3.28. The molecule has 0 aliphatic heterocycles. The van der Waals surface area contributed by atoms with Crippen molar-refractivity contribution in [3.8, 4) is 6.07 Å². The Bertz CT molecular complexity index is 639. The van der Waals surface area contributed by atoms with E-state index in [1.165, 1.54) is 12.3 Å². The number of aromatic nitrogens is 1. The molecule has 1 aromatic heterocycles. The number of pyridine rings is 1. The molecular formula is C15H12FN3. The van der Waals surface area contributed by atoms with Gasteiger partial charge >= 0.3 is 0 Å². The van der Waals surface area contributed by atoms with Gasteiger partial charge in [0.15, 0.2) is 0 Å². The molecule has 94 valence electrons. The Morgan fingerprint density at radius 1 is 1.21 bits per heavy atom. The maximum atomic E-state index is 13.8. The first kappa shape index (κ1) is 11.7. The van der Waals surface area contributed by atoms with Gasteiger partial charge in [0.05, 0.1) is 11.1 Å². The van der Waals surface area contributed by atoms with Gasteiger partial charge in [-0.3, -0.25) is 0 Å². The van der Waals surface area contributed by atoms with Gasteiger partial charge < -0.3 is 5.32 Å². The molecule has 0 bridgehead atoms. The molecule has 1 aliphatic carbocycles. The molecule has 1 saturated carbocycles. The fourth-order valence-electron chi connectivity index (χ4n) is 2.22. The molecule has 0 atom stereocenters. The number of hydrogen-bond donors (Lipinski definition) is 1. The third-order valence-corrected chi connectivity index (χ3v) is 3.40. The maximum Gasteiger partial charge on any atom is 0.128 e. The van der Waals surface area contributed by atoms with Crippen LogP contribution in [0.5, 0.6) is 0 Å². The largest absolute Gasteiger partial charge is 0.360 e. The second-order valence-corrected chi connectivity index (χ2v) is 4.73. The Morgan fingerprint density at radius 2 is 2.00 bits per heavy atom. The zero-order valence-electron chi connectivity index (χ0n) is 10.2. The molecular weight excluding hydrogens is 241 g/mol. The van der Waals surface area contributed by atoms with Gasteiger partial charge in [-0.2, -0.15) is 5.26 Å². The van der Waals surface area contributed by atoms with Crippen LogP contribution >= 0.6 is 0 Å². The van der Waals surface area contributed by atoms with Crippen molar-refractivity contribution >= 4 is 5.82 Å². The van der Waals surface area contributed by atoms with Crippen LogP contribution in [0.3, 0.4) is 0 Å². The number of rotatable bonds is 3. The highest BCUT2D eigenvalue weighted by Gasteiger charge is 2.46. The molecule has 3 rings (SSSR count).